The Labute approximate surface area is 90.3 Å². The van der Waals surface area contributed by atoms with E-state index in [0.717, 1.165) is 6.07 Å². The van der Waals surface area contributed by atoms with Crippen LogP contribution in [-0.4, -0.2) is 16.2 Å². The van der Waals surface area contributed by atoms with Crippen LogP contribution in [0, 0.1) is 12.7 Å². The monoisotopic (exact) mass is 221 g/mol. The van der Waals surface area contributed by atoms with Crippen molar-refractivity contribution in [1.82, 2.24) is 5.16 Å². The second-order valence-corrected chi connectivity index (χ2v) is 3.33. The van der Waals surface area contributed by atoms with E-state index in [1.54, 1.807) is 6.92 Å². The largest absolute Gasteiger partial charge is 0.478 e. The Hall–Kier alpha value is -2.17. The van der Waals surface area contributed by atoms with Crippen LogP contribution in [0.4, 0.5) is 4.39 Å². The lowest BCUT2D eigenvalue weighted by Gasteiger charge is -2.01. The Kier molecular flexibility index (Phi) is 2.44. The molecule has 0 atom stereocenters. The van der Waals surface area contributed by atoms with E-state index in [-0.39, 0.29) is 5.56 Å². The summed E-state index contributed by atoms with van der Waals surface area (Å²) in [5.74, 6) is -1.26. The Morgan fingerprint density at radius 2 is 2.19 bits per heavy atom. The molecule has 2 aromatic rings. The standard InChI is InChI=1S/C11H8FNO3/c1-6-10(5-13-16-6)7-2-8(11(14)15)4-9(12)3-7/h2-5H,1H3,(H,14,15). The third-order valence-corrected chi connectivity index (χ3v) is 2.21. The molecule has 0 spiro atoms. The van der Waals surface area contributed by atoms with Crippen molar-refractivity contribution in [3.63, 3.8) is 0 Å². The summed E-state index contributed by atoms with van der Waals surface area (Å²) < 4.78 is 18.0. The zero-order chi connectivity index (χ0) is 11.7. The molecule has 0 bridgehead atoms. The molecule has 2 rings (SSSR count). The summed E-state index contributed by atoms with van der Waals surface area (Å²) in [6.45, 7) is 1.67. The highest BCUT2D eigenvalue weighted by Crippen LogP contribution is 2.24. The number of hydrogen-bond acceptors (Lipinski definition) is 3. The summed E-state index contributed by atoms with van der Waals surface area (Å²) in [6.07, 6.45) is 1.43. The molecule has 0 fully saturated rings. The highest BCUT2D eigenvalue weighted by molar-refractivity contribution is 5.89. The molecule has 0 unspecified atom stereocenters. The Morgan fingerprint density at radius 3 is 2.75 bits per heavy atom. The molecular formula is C11H8FNO3. The molecule has 0 aliphatic rings. The smallest absolute Gasteiger partial charge is 0.335 e. The maximum atomic E-state index is 13.2. The Bertz CT molecular complexity index is 548. The van der Waals surface area contributed by atoms with Crippen LogP contribution in [0.5, 0.6) is 0 Å². The van der Waals surface area contributed by atoms with Crippen LogP contribution in [0.2, 0.25) is 0 Å². The molecule has 0 aliphatic heterocycles. The molecule has 0 radical (unpaired) electrons. The molecule has 0 saturated heterocycles. The minimum Gasteiger partial charge on any atom is -0.478 e. The second kappa shape index (κ2) is 3.77. The Morgan fingerprint density at radius 1 is 1.44 bits per heavy atom. The average molecular weight is 221 g/mol. The first-order valence-electron chi connectivity index (χ1n) is 4.53. The molecule has 1 aromatic carbocycles. The minimum atomic E-state index is -1.17. The number of carbonyl (C=O) groups is 1. The number of aromatic carboxylic acids is 1. The molecular weight excluding hydrogens is 213 g/mol. The van der Waals surface area contributed by atoms with Gasteiger partial charge < -0.3 is 9.63 Å². The van der Waals surface area contributed by atoms with E-state index in [4.69, 9.17) is 9.63 Å². The van der Waals surface area contributed by atoms with Gasteiger partial charge >= 0.3 is 5.97 Å². The first-order chi connectivity index (χ1) is 7.58. The average Bonchev–Trinajstić information content (AvgIpc) is 2.63. The van der Waals surface area contributed by atoms with E-state index < -0.39 is 11.8 Å². The number of halogens is 1. The summed E-state index contributed by atoms with van der Waals surface area (Å²) in [5, 5.41) is 12.4. The third-order valence-electron chi connectivity index (χ3n) is 2.21. The van der Waals surface area contributed by atoms with Gasteiger partial charge in [0.05, 0.1) is 11.8 Å². The van der Waals surface area contributed by atoms with E-state index in [0.29, 0.717) is 16.9 Å². The lowest BCUT2D eigenvalue weighted by molar-refractivity contribution is 0.0696. The Balaban J connectivity index is 2.58. The fourth-order valence-electron chi connectivity index (χ4n) is 1.44. The van der Waals surface area contributed by atoms with Crippen molar-refractivity contribution in [2.75, 3.05) is 0 Å². The maximum absolute atomic E-state index is 13.2. The summed E-state index contributed by atoms with van der Waals surface area (Å²) in [4.78, 5) is 10.8. The van der Waals surface area contributed by atoms with Crippen molar-refractivity contribution < 1.29 is 18.8 Å². The molecule has 1 aromatic heterocycles. The first kappa shape index (κ1) is 10.4. The third kappa shape index (κ3) is 1.79. The maximum Gasteiger partial charge on any atom is 0.335 e. The van der Waals surface area contributed by atoms with E-state index in [2.05, 4.69) is 5.16 Å². The summed E-state index contributed by atoms with van der Waals surface area (Å²) >= 11 is 0. The fraction of sp³-hybridized carbons (Fsp3) is 0.0909. The number of carboxylic acids is 1. The number of carboxylic acid groups (broad SMARTS) is 1. The van der Waals surface area contributed by atoms with Crippen molar-refractivity contribution in [2.45, 2.75) is 6.92 Å². The lowest BCUT2D eigenvalue weighted by atomic mass is 10.0. The quantitative estimate of drug-likeness (QED) is 0.846. The number of aromatic nitrogens is 1. The molecule has 1 N–H and O–H groups in total. The van der Waals surface area contributed by atoms with Gasteiger partial charge in [-0.3, -0.25) is 0 Å². The van der Waals surface area contributed by atoms with Crippen LogP contribution in [0.25, 0.3) is 11.1 Å². The summed E-state index contributed by atoms with van der Waals surface area (Å²) in [6, 6.07) is 3.59. The SMILES string of the molecule is Cc1oncc1-c1cc(F)cc(C(=O)O)c1. The van der Waals surface area contributed by atoms with Crippen molar-refractivity contribution >= 4 is 5.97 Å². The van der Waals surface area contributed by atoms with Gasteiger partial charge in [0.1, 0.15) is 11.6 Å². The number of nitrogens with zero attached hydrogens (tertiary/aromatic N) is 1. The van der Waals surface area contributed by atoms with Crippen molar-refractivity contribution in [3.8, 4) is 11.1 Å². The van der Waals surface area contributed by atoms with Crippen molar-refractivity contribution in [2.24, 2.45) is 0 Å². The van der Waals surface area contributed by atoms with Gasteiger partial charge in [0.15, 0.2) is 0 Å². The van der Waals surface area contributed by atoms with Crippen LogP contribution in [-0.2, 0) is 0 Å². The van der Waals surface area contributed by atoms with Crippen LogP contribution < -0.4 is 0 Å². The van der Waals surface area contributed by atoms with Crippen LogP contribution in [0.3, 0.4) is 0 Å². The molecule has 0 amide bonds. The van der Waals surface area contributed by atoms with Gasteiger partial charge in [-0.25, -0.2) is 9.18 Å². The predicted molar refractivity (Wildman–Crippen MR) is 53.6 cm³/mol. The molecule has 4 nitrogen and oxygen atoms in total. The number of rotatable bonds is 2. The van der Waals surface area contributed by atoms with E-state index >= 15 is 0 Å². The predicted octanol–water partition coefficient (Wildman–Crippen LogP) is 2.49. The van der Waals surface area contributed by atoms with Gasteiger partial charge in [-0.15, -0.1) is 0 Å². The minimum absolute atomic E-state index is 0.101. The van der Waals surface area contributed by atoms with Gasteiger partial charge in [0.25, 0.3) is 0 Å². The van der Waals surface area contributed by atoms with E-state index in [1.165, 1.54) is 18.3 Å². The highest BCUT2D eigenvalue weighted by atomic mass is 19.1. The van der Waals surface area contributed by atoms with Gasteiger partial charge in [-0.2, -0.15) is 0 Å². The summed E-state index contributed by atoms with van der Waals surface area (Å²) in [5.41, 5.74) is 0.925. The van der Waals surface area contributed by atoms with Crippen molar-refractivity contribution in [1.29, 1.82) is 0 Å². The number of hydrogen-bond donors (Lipinski definition) is 1. The molecule has 0 aliphatic carbocycles. The topological polar surface area (TPSA) is 63.3 Å². The van der Waals surface area contributed by atoms with Gasteiger partial charge in [0.2, 0.25) is 0 Å². The molecule has 0 saturated carbocycles. The molecule has 82 valence electrons. The zero-order valence-corrected chi connectivity index (χ0v) is 8.40. The molecule has 1 heterocycles. The first-order valence-corrected chi connectivity index (χ1v) is 4.53. The van der Waals surface area contributed by atoms with Gasteiger partial charge in [0, 0.05) is 5.56 Å². The zero-order valence-electron chi connectivity index (χ0n) is 8.40. The van der Waals surface area contributed by atoms with Gasteiger partial charge in [-0.05, 0) is 30.7 Å². The second-order valence-electron chi connectivity index (χ2n) is 3.33. The fourth-order valence-corrected chi connectivity index (χ4v) is 1.44. The van der Waals surface area contributed by atoms with E-state index in [9.17, 15) is 9.18 Å². The van der Waals surface area contributed by atoms with Crippen LogP contribution in [0.1, 0.15) is 16.1 Å². The molecule has 16 heavy (non-hydrogen) atoms. The van der Waals surface area contributed by atoms with Gasteiger partial charge in [-0.1, -0.05) is 5.16 Å². The highest BCUT2D eigenvalue weighted by Gasteiger charge is 2.11. The number of aryl methyl sites for hydroxylation is 1. The number of benzene rings is 1. The molecule has 5 heteroatoms. The van der Waals surface area contributed by atoms with Crippen molar-refractivity contribution in [3.05, 3.63) is 41.5 Å². The van der Waals surface area contributed by atoms with E-state index in [1.807, 2.05) is 0 Å². The van der Waals surface area contributed by atoms with Crippen LogP contribution >= 0.6 is 0 Å². The lowest BCUT2D eigenvalue weighted by Crippen LogP contribution is -1.97. The van der Waals surface area contributed by atoms with Crippen LogP contribution in [0.15, 0.2) is 28.9 Å². The normalized spacial score (nSPS) is 10.4. The summed E-state index contributed by atoms with van der Waals surface area (Å²) in [7, 11) is 0.